The Bertz CT molecular complexity index is 1130. The summed E-state index contributed by atoms with van der Waals surface area (Å²) in [7, 11) is 0. The molecule has 0 unspecified atom stereocenters. The molecule has 1 fully saturated rings. The van der Waals surface area contributed by atoms with Gasteiger partial charge >= 0.3 is 0 Å². The number of carbonyl (C=O) groups is 1. The third-order valence-electron chi connectivity index (χ3n) is 5.77. The van der Waals surface area contributed by atoms with Crippen molar-refractivity contribution in [2.45, 2.75) is 37.0 Å². The van der Waals surface area contributed by atoms with Crippen LogP contribution in [0.1, 0.15) is 43.8 Å². The summed E-state index contributed by atoms with van der Waals surface area (Å²) in [6.07, 6.45) is 6.58. The fraction of sp³-hybridized carbons (Fsp3) is 0.375. The summed E-state index contributed by atoms with van der Waals surface area (Å²) in [5.41, 5.74) is 2.81. The summed E-state index contributed by atoms with van der Waals surface area (Å²) in [5, 5.41) is 5.24. The highest BCUT2D eigenvalue weighted by Gasteiger charge is 2.25. The van der Waals surface area contributed by atoms with Crippen molar-refractivity contribution in [2.75, 3.05) is 26.2 Å². The third-order valence-corrected chi connectivity index (χ3v) is 8.00. The number of rotatable bonds is 6. The van der Waals surface area contributed by atoms with Crippen LogP contribution >= 0.6 is 23.1 Å². The first-order valence-corrected chi connectivity index (χ1v) is 12.8. The van der Waals surface area contributed by atoms with Crippen LogP contribution in [0.15, 0.2) is 45.8 Å². The molecular weight excluding hydrogens is 440 g/mol. The molecule has 1 aliphatic heterocycles. The molecular formula is C24H26N4O2S2. The summed E-state index contributed by atoms with van der Waals surface area (Å²) >= 11 is 3.47. The highest BCUT2D eigenvalue weighted by atomic mass is 32.2. The molecule has 3 aromatic rings. The van der Waals surface area contributed by atoms with Crippen molar-refractivity contribution >= 4 is 35.1 Å². The maximum atomic E-state index is 13.3. The number of aryl methyl sites for hydroxylation is 2. The largest absolute Gasteiger partial charge is 0.361 e. The van der Waals surface area contributed by atoms with Crippen LogP contribution in [0.5, 0.6) is 0 Å². The van der Waals surface area contributed by atoms with Crippen LogP contribution < -0.4 is 0 Å². The molecule has 5 rings (SSSR count). The lowest BCUT2D eigenvalue weighted by Gasteiger charge is -2.34. The van der Waals surface area contributed by atoms with Gasteiger partial charge in [0.15, 0.2) is 0 Å². The maximum Gasteiger partial charge on any atom is 0.255 e. The second kappa shape index (κ2) is 9.60. The first-order chi connectivity index (χ1) is 15.7. The molecule has 0 bridgehead atoms. The van der Waals surface area contributed by atoms with Gasteiger partial charge in [-0.1, -0.05) is 23.4 Å². The minimum absolute atomic E-state index is 0.110. The van der Waals surface area contributed by atoms with Crippen molar-refractivity contribution < 1.29 is 9.32 Å². The van der Waals surface area contributed by atoms with E-state index >= 15 is 0 Å². The number of piperazine rings is 1. The normalized spacial score (nSPS) is 16.3. The number of nitrogens with zero attached hydrogens (tertiary/aromatic N) is 4. The lowest BCUT2D eigenvalue weighted by molar-refractivity contribution is 0.0625. The number of thiazole rings is 1. The van der Waals surface area contributed by atoms with E-state index < -0.39 is 0 Å². The molecule has 3 heterocycles. The van der Waals surface area contributed by atoms with Gasteiger partial charge in [0.05, 0.1) is 23.5 Å². The first kappa shape index (κ1) is 21.4. The Morgan fingerprint density at radius 3 is 2.84 bits per heavy atom. The Balaban J connectivity index is 1.18. The molecule has 1 aromatic carbocycles. The van der Waals surface area contributed by atoms with E-state index in [1.165, 1.54) is 9.88 Å². The molecule has 0 N–H and O–H groups in total. The molecule has 0 radical (unpaired) electrons. The number of fused-ring (bicyclic) bond motifs is 1. The number of amides is 1. The summed E-state index contributed by atoms with van der Waals surface area (Å²) in [5.74, 6) is 1.60. The van der Waals surface area contributed by atoms with Gasteiger partial charge in [-0.25, -0.2) is 4.98 Å². The lowest BCUT2D eigenvalue weighted by atomic mass is 10.1. The van der Waals surface area contributed by atoms with E-state index in [1.807, 2.05) is 53.5 Å². The van der Waals surface area contributed by atoms with E-state index in [0.29, 0.717) is 5.75 Å². The van der Waals surface area contributed by atoms with Gasteiger partial charge < -0.3 is 9.42 Å². The van der Waals surface area contributed by atoms with Crippen molar-refractivity contribution in [3.8, 4) is 0 Å². The van der Waals surface area contributed by atoms with E-state index in [9.17, 15) is 4.79 Å². The van der Waals surface area contributed by atoms with Gasteiger partial charge in [-0.3, -0.25) is 9.69 Å². The predicted molar refractivity (Wildman–Crippen MR) is 128 cm³/mol. The van der Waals surface area contributed by atoms with Gasteiger partial charge in [0.2, 0.25) is 0 Å². The number of benzene rings is 1. The Labute approximate surface area is 196 Å². The highest BCUT2D eigenvalue weighted by Crippen LogP contribution is 2.28. The number of aromatic nitrogens is 2. The molecule has 1 aliphatic carbocycles. The summed E-state index contributed by atoms with van der Waals surface area (Å²) in [4.78, 5) is 24.9. The van der Waals surface area contributed by atoms with Crippen LogP contribution in [-0.4, -0.2) is 52.0 Å². The first-order valence-electron chi connectivity index (χ1n) is 11.0. The molecule has 1 saturated heterocycles. The van der Waals surface area contributed by atoms with E-state index in [-0.39, 0.29) is 5.91 Å². The van der Waals surface area contributed by atoms with Crippen molar-refractivity contribution in [1.29, 1.82) is 0 Å². The lowest BCUT2D eigenvalue weighted by Crippen LogP contribution is -2.48. The Hall–Kier alpha value is -2.42. The average Bonchev–Trinajstić information content (AvgIpc) is 3.43. The Morgan fingerprint density at radius 1 is 1.22 bits per heavy atom. The van der Waals surface area contributed by atoms with Gasteiger partial charge in [0, 0.05) is 47.8 Å². The van der Waals surface area contributed by atoms with Crippen LogP contribution in [0.4, 0.5) is 0 Å². The summed E-state index contributed by atoms with van der Waals surface area (Å²) in [6.45, 7) is 5.99. The molecule has 166 valence electrons. The van der Waals surface area contributed by atoms with Crippen LogP contribution in [0.25, 0.3) is 6.08 Å². The van der Waals surface area contributed by atoms with E-state index in [4.69, 9.17) is 9.51 Å². The molecule has 2 aliphatic rings. The third kappa shape index (κ3) is 4.82. The topological polar surface area (TPSA) is 62.5 Å². The fourth-order valence-corrected chi connectivity index (χ4v) is 6.12. The quantitative estimate of drug-likeness (QED) is 0.493. The van der Waals surface area contributed by atoms with E-state index in [0.717, 1.165) is 73.2 Å². The smallest absolute Gasteiger partial charge is 0.255 e. The predicted octanol–water partition coefficient (Wildman–Crippen LogP) is 4.65. The summed E-state index contributed by atoms with van der Waals surface area (Å²) in [6, 6.07) is 9.80. The average molecular weight is 467 g/mol. The Kier molecular flexibility index (Phi) is 6.43. The second-order valence-corrected chi connectivity index (χ2v) is 10.3. The number of carbonyl (C=O) groups excluding carboxylic acids is 1. The molecule has 6 nitrogen and oxygen atoms in total. The molecule has 0 spiro atoms. The maximum absolute atomic E-state index is 13.3. The zero-order valence-electron chi connectivity index (χ0n) is 18.1. The highest BCUT2D eigenvalue weighted by molar-refractivity contribution is 7.98. The number of hydrogen-bond donors (Lipinski definition) is 0. The molecule has 1 amide bonds. The van der Waals surface area contributed by atoms with Gasteiger partial charge in [-0.15, -0.1) is 23.1 Å². The van der Waals surface area contributed by atoms with Crippen molar-refractivity contribution in [2.24, 2.45) is 0 Å². The zero-order valence-corrected chi connectivity index (χ0v) is 19.8. The van der Waals surface area contributed by atoms with Crippen LogP contribution in [-0.2, 0) is 18.7 Å². The standard InChI is InChI=1S/C24H26N4O2S2/c1-17-14-18(26-30-17)16-31-21-8-4-2-6-19(21)24(29)28-12-10-27(11-13-28)15-23-25-20-7-3-5-9-22(20)32-23/h2-4,6-8,14H,5,9-13,15-16H2,1H3. The van der Waals surface area contributed by atoms with Gasteiger partial charge in [-0.05, 0) is 38.0 Å². The van der Waals surface area contributed by atoms with Gasteiger partial charge in [-0.2, -0.15) is 0 Å². The van der Waals surface area contributed by atoms with Crippen molar-refractivity contribution in [3.63, 3.8) is 0 Å². The second-order valence-electron chi connectivity index (χ2n) is 8.14. The van der Waals surface area contributed by atoms with E-state index in [1.54, 1.807) is 11.8 Å². The molecule has 2 aromatic heterocycles. The van der Waals surface area contributed by atoms with Crippen LogP contribution in [0, 0.1) is 6.92 Å². The van der Waals surface area contributed by atoms with Gasteiger partial charge in [0.25, 0.3) is 5.91 Å². The fourth-order valence-electron chi connectivity index (χ4n) is 4.08. The minimum Gasteiger partial charge on any atom is -0.361 e. The molecule has 0 saturated carbocycles. The van der Waals surface area contributed by atoms with Crippen molar-refractivity contribution in [3.05, 3.63) is 69.0 Å². The van der Waals surface area contributed by atoms with Crippen LogP contribution in [0.2, 0.25) is 0 Å². The Morgan fingerprint density at radius 2 is 2.06 bits per heavy atom. The monoisotopic (exact) mass is 466 g/mol. The van der Waals surface area contributed by atoms with Crippen molar-refractivity contribution in [1.82, 2.24) is 19.9 Å². The summed E-state index contributed by atoms with van der Waals surface area (Å²) < 4.78 is 5.15. The molecule has 32 heavy (non-hydrogen) atoms. The number of hydrogen-bond acceptors (Lipinski definition) is 7. The minimum atomic E-state index is 0.110. The number of allylic oxidation sites excluding steroid dienone is 1. The zero-order chi connectivity index (χ0) is 21.9. The van der Waals surface area contributed by atoms with E-state index in [2.05, 4.69) is 22.2 Å². The van der Waals surface area contributed by atoms with Crippen LogP contribution in [0.3, 0.4) is 0 Å². The SMILES string of the molecule is Cc1cc(CSc2ccccc2C(=O)N2CCN(Cc3nc4c(s3)CCC=C4)CC2)no1. The molecule has 8 heteroatoms. The molecule has 0 atom stereocenters. The number of thioether (sulfide) groups is 1. The van der Waals surface area contributed by atoms with Gasteiger partial charge in [0.1, 0.15) is 10.8 Å².